The molecule has 0 aliphatic heterocycles. The Labute approximate surface area is 120 Å². The van der Waals surface area contributed by atoms with Gasteiger partial charge in [-0.2, -0.15) is 0 Å². The van der Waals surface area contributed by atoms with Crippen LogP contribution in [0.2, 0.25) is 0 Å². The maximum absolute atomic E-state index is 14.0. The molecule has 1 fully saturated rings. The van der Waals surface area contributed by atoms with Crippen LogP contribution in [0.25, 0.3) is 0 Å². The second-order valence-corrected chi connectivity index (χ2v) is 6.15. The van der Waals surface area contributed by atoms with Crippen LogP contribution in [0.1, 0.15) is 36.3 Å². The smallest absolute Gasteiger partial charge is 0.306 e. The third-order valence-electron chi connectivity index (χ3n) is 3.84. The van der Waals surface area contributed by atoms with E-state index in [0.717, 1.165) is 10.6 Å². The molecule has 0 unspecified atom stereocenters. The van der Waals surface area contributed by atoms with E-state index < -0.39 is 23.9 Å². The Morgan fingerprint density at radius 1 is 1.55 bits per heavy atom. The lowest BCUT2D eigenvalue weighted by molar-refractivity contribution is -0.142. The number of rotatable bonds is 4. The molecular weight excluding hydrogens is 286 g/mol. The van der Waals surface area contributed by atoms with Crippen LogP contribution < -0.4 is 5.32 Å². The maximum atomic E-state index is 14.0. The van der Waals surface area contributed by atoms with Crippen molar-refractivity contribution in [3.05, 3.63) is 16.1 Å². The van der Waals surface area contributed by atoms with Crippen LogP contribution in [-0.4, -0.2) is 28.0 Å². The first-order valence-corrected chi connectivity index (χ1v) is 7.51. The fraction of sp³-hybridized carbons (Fsp3) is 0.692. The number of aliphatic carboxylic acids is 1. The van der Waals surface area contributed by atoms with Crippen molar-refractivity contribution in [3.8, 4) is 0 Å². The summed E-state index contributed by atoms with van der Waals surface area (Å²) in [4.78, 5) is 16.0. The van der Waals surface area contributed by atoms with Gasteiger partial charge in [0, 0.05) is 17.8 Å². The predicted octanol–water partition coefficient (Wildman–Crippen LogP) is 2.82. The molecule has 20 heavy (non-hydrogen) atoms. The zero-order valence-electron chi connectivity index (χ0n) is 11.2. The molecule has 112 valence electrons. The Morgan fingerprint density at radius 3 is 2.90 bits per heavy atom. The molecule has 2 atom stereocenters. The maximum Gasteiger partial charge on any atom is 0.306 e. The van der Waals surface area contributed by atoms with E-state index in [0.29, 0.717) is 13.0 Å². The number of thiazole rings is 1. The van der Waals surface area contributed by atoms with Crippen LogP contribution in [-0.2, 0) is 11.3 Å². The average Bonchev–Trinajstić information content (AvgIpc) is 2.70. The molecule has 0 spiro atoms. The van der Waals surface area contributed by atoms with Gasteiger partial charge in [0.2, 0.25) is 0 Å². The van der Waals surface area contributed by atoms with Gasteiger partial charge < -0.3 is 10.4 Å². The summed E-state index contributed by atoms with van der Waals surface area (Å²) in [5, 5.41) is 11.8. The highest BCUT2D eigenvalue weighted by Gasteiger charge is 2.42. The molecule has 7 heteroatoms. The van der Waals surface area contributed by atoms with E-state index in [1.54, 1.807) is 5.51 Å². The van der Waals surface area contributed by atoms with E-state index in [1.165, 1.54) is 11.3 Å². The molecule has 0 aromatic carbocycles. The lowest BCUT2D eigenvalue weighted by atomic mass is 10.0. The van der Waals surface area contributed by atoms with Crippen molar-refractivity contribution in [2.24, 2.45) is 5.92 Å². The summed E-state index contributed by atoms with van der Waals surface area (Å²) in [5.41, 5.74) is 2.54. The molecule has 0 bridgehead atoms. The summed E-state index contributed by atoms with van der Waals surface area (Å²) in [6.45, 7) is 2.20. The number of aromatic nitrogens is 1. The van der Waals surface area contributed by atoms with Gasteiger partial charge in [-0.1, -0.05) is 0 Å². The fourth-order valence-electron chi connectivity index (χ4n) is 2.47. The van der Waals surface area contributed by atoms with Crippen molar-refractivity contribution in [2.75, 3.05) is 0 Å². The number of carboxylic acid groups (broad SMARTS) is 1. The number of nitrogens with zero attached hydrogens (tertiary/aromatic N) is 1. The summed E-state index contributed by atoms with van der Waals surface area (Å²) >= 11 is 1.44. The van der Waals surface area contributed by atoms with Gasteiger partial charge in [0.1, 0.15) is 0 Å². The van der Waals surface area contributed by atoms with E-state index in [1.807, 2.05) is 6.92 Å². The van der Waals surface area contributed by atoms with Gasteiger partial charge >= 0.3 is 5.97 Å². The van der Waals surface area contributed by atoms with Gasteiger partial charge in [0.15, 0.2) is 0 Å². The second kappa shape index (κ2) is 6.13. The lowest BCUT2D eigenvalue weighted by Crippen LogP contribution is -2.43. The Morgan fingerprint density at radius 2 is 2.30 bits per heavy atom. The molecule has 1 aromatic heterocycles. The molecule has 1 heterocycles. The zero-order valence-corrected chi connectivity index (χ0v) is 12.1. The quantitative estimate of drug-likeness (QED) is 0.840. The van der Waals surface area contributed by atoms with Crippen molar-refractivity contribution >= 4 is 17.3 Å². The summed E-state index contributed by atoms with van der Waals surface area (Å²) in [7, 11) is 0. The minimum Gasteiger partial charge on any atom is -0.481 e. The monoisotopic (exact) mass is 304 g/mol. The van der Waals surface area contributed by atoms with Gasteiger partial charge in [-0.3, -0.25) is 4.79 Å². The largest absolute Gasteiger partial charge is 0.481 e. The van der Waals surface area contributed by atoms with E-state index >= 15 is 0 Å². The van der Waals surface area contributed by atoms with Crippen molar-refractivity contribution in [2.45, 2.75) is 51.1 Å². The molecule has 1 saturated carbocycles. The summed E-state index contributed by atoms with van der Waals surface area (Å²) < 4.78 is 28.1. The Balaban J connectivity index is 1.98. The van der Waals surface area contributed by atoms with Gasteiger partial charge in [0.05, 0.1) is 23.2 Å². The van der Waals surface area contributed by atoms with Gasteiger partial charge in [-0.25, -0.2) is 13.8 Å². The third kappa shape index (κ3) is 3.52. The standard InChI is InChI=1S/C13H18F2N2O2S/c1-8-10(20-7-17-8)6-16-11-3-2-9(12(18)19)4-5-13(11,14)15/h7,9,11,16H,2-6H2,1H3,(H,18,19)/t9-,11-/m1/s1. The Kier molecular flexibility index (Phi) is 4.70. The summed E-state index contributed by atoms with van der Waals surface area (Å²) in [5.74, 6) is -4.49. The van der Waals surface area contributed by atoms with Crippen molar-refractivity contribution < 1.29 is 18.7 Å². The molecule has 0 amide bonds. The summed E-state index contributed by atoms with van der Waals surface area (Å²) in [6.07, 6.45) is 0.148. The molecular formula is C13H18F2N2O2S. The molecule has 4 nitrogen and oxygen atoms in total. The van der Waals surface area contributed by atoms with Crippen molar-refractivity contribution in [3.63, 3.8) is 0 Å². The number of hydrogen-bond donors (Lipinski definition) is 2. The van der Waals surface area contributed by atoms with Gasteiger partial charge in [-0.15, -0.1) is 11.3 Å². The average molecular weight is 304 g/mol. The van der Waals surface area contributed by atoms with E-state index in [2.05, 4.69) is 10.3 Å². The highest BCUT2D eigenvalue weighted by molar-refractivity contribution is 7.09. The zero-order chi connectivity index (χ0) is 14.8. The number of carbonyl (C=O) groups is 1. The minimum absolute atomic E-state index is 0.0418. The number of alkyl halides is 2. The topological polar surface area (TPSA) is 62.2 Å². The van der Waals surface area contributed by atoms with Gasteiger partial charge in [0.25, 0.3) is 5.92 Å². The number of hydrogen-bond acceptors (Lipinski definition) is 4. The Bertz CT molecular complexity index is 479. The molecule has 2 rings (SSSR count). The number of carboxylic acids is 1. The van der Waals surface area contributed by atoms with E-state index in [4.69, 9.17) is 5.11 Å². The third-order valence-corrected chi connectivity index (χ3v) is 4.78. The number of nitrogens with one attached hydrogen (secondary N) is 1. The van der Waals surface area contributed by atoms with Crippen LogP contribution in [0.15, 0.2) is 5.51 Å². The molecule has 1 aromatic rings. The highest BCUT2D eigenvalue weighted by atomic mass is 32.1. The fourth-order valence-corrected chi connectivity index (χ4v) is 3.20. The van der Waals surface area contributed by atoms with E-state index in [-0.39, 0.29) is 19.3 Å². The van der Waals surface area contributed by atoms with Crippen molar-refractivity contribution in [1.82, 2.24) is 10.3 Å². The molecule has 0 saturated heterocycles. The minimum atomic E-state index is -2.86. The number of halogens is 2. The van der Waals surface area contributed by atoms with E-state index in [9.17, 15) is 13.6 Å². The van der Waals surface area contributed by atoms with Crippen LogP contribution in [0.5, 0.6) is 0 Å². The first kappa shape index (κ1) is 15.3. The number of aryl methyl sites for hydroxylation is 1. The van der Waals surface area contributed by atoms with Crippen LogP contribution in [0, 0.1) is 12.8 Å². The van der Waals surface area contributed by atoms with Crippen LogP contribution in [0.4, 0.5) is 8.78 Å². The van der Waals surface area contributed by atoms with Crippen LogP contribution >= 0.6 is 11.3 Å². The SMILES string of the molecule is Cc1ncsc1CN[C@@H]1CC[C@@H](C(=O)O)CCC1(F)F. The van der Waals surface area contributed by atoms with Gasteiger partial charge in [-0.05, 0) is 26.2 Å². The predicted molar refractivity (Wildman–Crippen MR) is 72.0 cm³/mol. The molecule has 0 radical (unpaired) electrons. The molecule has 1 aliphatic carbocycles. The van der Waals surface area contributed by atoms with Crippen molar-refractivity contribution in [1.29, 1.82) is 0 Å². The second-order valence-electron chi connectivity index (χ2n) is 5.21. The first-order valence-electron chi connectivity index (χ1n) is 6.63. The Hall–Kier alpha value is -1.08. The normalized spacial score (nSPS) is 26.1. The lowest BCUT2D eigenvalue weighted by Gasteiger charge is -2.25. The summed E-state index contributed by atoms with van der Waals surface area (Å²) in [6, 6.07) is -0.964. The highest BCUT2D eigenvalue weighted by Crippen LogP contribution is 2.35. The first-order chi connectivity index (χ1) is 9.40. The molecule has 2 N–H and O–H groups in total. The van der Waals surface area contributed by atoms with Crippen LogP contribution in [0.3, 0.4) is 0 Å². The molecule has 1 aliphatic rings.